The molecule has 0 amide bonds. The summed E-state index contributed by atoms with van der Waals surface area (Å²) in [5.74, 6) is 2.26. The second-order valence-corrected chi connectivity index (χ2v) is 8.23. The van der Waals surface area contributed by atoms with Crippen molar-refractivity contribution in [2.24, 2.45) is 10.9 Å². The van der Waals surface area contributed by atoms with Crippen LogP contribution in [0.15, 0.2) is 29.3 Å². The van der Waals surface area contributed by atoms with E-state index in [4.69, 9.17) is 14.2 Å². The van der Waals surface area contributed by atoms with Gasteiger partial charge in [0.1, 0.15) is 5.75 Å². The minimum absolute atomic E-state index is 0. The van der Waals surface area contributed by atoms with Gasteiger partial charge in [-0.25, -0.2) is 0 Å². The number of ether oxygens (including phenoxy) is 3. The molecule has 1 unspecified atom stereocenters. The Morgan fingerprint density at radius 1 is 1.10 bits per heavy atom. The van der Waals surface area contributed by atoms with Crippen LogP contribution in [0.1, 0.15) is 52.5 Å². The summed E-state index contributed by atoms with van der Waals surface area (Å²) in [5.41, 5.74) is 1.36. The first-order valence-electron chi connectivity index (χ1n) is 11.4. The fraction of sp³-hybridized carbons (Fsp3) is 0.708. The summed E-state index contributed by atoms with van der Waals surface area (Å²) in [6.07, 6.45) is 3.21. The Morgan fingerprint density at radius 2 is 1.77 bits per heavy atom. The molecule has 2 N–H and O–H groups in total. The van der Waals surface area contributed by atoms with E-state index in [1.54, 1.807) is 0 Å². The average Bonchev–Trinajstić information content (AvgIpc) is 2.76. The van der Waals surface area contributed by atoms with Gasteiger partial charge in [0.2, 0.25) is 0 Å². The van der Waals surface area contributed by atoms with Gasteiger partial charge in [0.25, 0.3) is 0 Å². The van der Waals surface area contributed by atoms with E-state index in [1.807, 2.05) is 14.0 Å². The third kappa shape index (κ3) is 8.77. The quantitative estimate of drug-likeness (QED) is 0.245. The van der Waals surface area contributed by atoms with Gasteiger partial charge in [-0.15, -0.1) is 24.0 Å². The Hall–Kier alpha value is -1.06. The molecule has 1 atom stereocenters. The molecule has 0 bridgehead atoms. The summed E-state index contributed by atoms with van der Waals surface area (Å²) in [6, 6.07) is 8.54. The van der Waals surface area contributed by atoms with Crippen molar-refractivity contribution in [1.82, 2.24) is 10.6 Å². The van der Waals surface area contributed by atoms with Gasteiger partial charge >= 0.3 is 0 Å². The van der Waals surface area contributed by atoms with Crippen molar-refractivity contribution < 1.29 is 14.2 Å². The normalized spacial score (nSPS) is 17.0. The monoisotopic (exact) mass is 547 g/mol. The number of guanidine groups is 1. The van der Waals surface area contributed by atoms with E-state index >= 15 is 0 Å². The molecule has 6 nitrogen and oxygen atoms in total. The predicted octanol–water partition coefficient (Wildman–Crippen LogP) is 4.37. The fourth-order valence-corrected chi connectivity index (χ4v) is 4.03. The number of hydrogen-bond acceptors (Lipinski definition) is 4. The molecule has 0 aliphatic carbocycles. The number of nitrogens with one attached hydrogen (secondary N) is 2. The molecule has 31 heavy (non-hydrogen) atoms. The van der Waals surface area contributed by atoms with Crippen molar-refractivity contribution >= 4 is 29.9 Å². The minimum atomic E-state index is 0. The first kappa shape index (κ1) is 28.0. The fourth-order valence-electron chi connectivity index (χ4n) is 4.03. The Kier molecular flexibility index (Phi) is 13.4. The van der Waals surface area contributed by atoms with E-state index in [1.165, 1.54) is 5.56 Å². The average molecular weight is 548 g/mol. The third-order valence-electron chi connectivity index (χ3n) is 5.89. The number of nitrogens with zero attached hydrogens (tertiary/aromatic N) is 1. The maximum absolute atomic E-state index is 5.85. The molecule has 178 valence electrons. The van der Waals surface area contributed by atoms with E-state index in [0.29, 0.717) is 12.5 Å². The second kappa shape index (κ2) is 14.9. The SMILES string of the molecule is CCOc1ccc(C2(CNC(=NC)NCCC(OCC)C(C)C)CCOCC2)cc1.I. The van der Waals surface area contributed by atoms with Crippen molar-refractivity contribution in [2.75, 3.05) is 46.6 Å². The van der Waals surface area contributed by atoms with Gasteiger partial charge in [0.15, 0.2) is 5.96 Å². The van der Waals surface area contributed by atoms with E-state index in [0.717, 1.165) is 63.9 Å². The van der Waals surface area contributed by atoms with Gasteiger partial charge in [0.05, 0.1) is 12.7 Å². The van der Waals surface area contributed by atoms with Gasteiger partial charge in [-0.05, 0) is 56.7 Å². The Bertz CT molecular complexity index is 631. The summed E-state index contributed by atoms with van der Waals surface area (Å²) in [7, 11) is 1.82. The molecule has 0 saturated carbocycles. The summed E-state index contributed by atoms with van der Waals surface area (Å²) in [4.78, 5) is 4.43. The molecule has 1 heterocycles. The lowest BCUT2D eigenvalue weighted by atomic mass is 9.74. The number of rotatable bonds is 11. The van der Waals surface area contributed by atoms with Gasteiger partial charge in [-0.1, -0.05) is 26.0 Å². The molecule has 1 aromatic carbocycles. The number of halogens is 1. The highest BCUT2D eigenvalue weighted by atomic mass is 127. The van der Waals surface area contributed by atoms with Gasteiger partial charge in [-0.2, -0.15) is 0 Å². The number of hydrogen-bond donors (Lipinski definition) is 2. The molecule has 1 aliphatic rings. The van der Waals surface area contributed by atoms with Crippen molar-refractivity contribution in [3.63, 3.8) is 0 Å². The summed E-state index contributed by atoms with van der Waals surface area (Å²) < 4.78 is 17.1. The minimum Gasteiger partial charge on any atom is -0.494 e. The van der Waals surface area contributed by atoms with Crippen molar-refractivity contribution in [2.45, 2.75) is 58.5 Å². The molecular weight excluding hydrogens is 505 g/mol. The standard InChI is InChI=1S/C24H41N3O3.HI/c1-6-29-21-10-8-20(9-11-21)24(13-16-28-17-14-24)18-27-23(25-5)26-15-12-22(19(3)4)30-7-2;/h8-11,19,22H,6-7,12-18H2,1-5H3,(H2,25,26,27);1H. The molecule has 7 heteroatoms. The lowest BCUT2D eigenvalue weighted by Crippen LogP contribution is -2.48. The largest absolute Gasteiger partial charge is 0.494 e. The van der Waals surface area contributed by atoms with Gasteiger partial charge in [-0.3, -0.25) is 4.99 Å². The van der Waals surface area contributed by atoms with Crippen LogP contribution >= 0.6 is 24.0 Å². The van der Waals surface area contributed by atoms with E-state index in [-0.39, 0.29) is 35.5 Å². The molecule has 1 fully saturated rings. The third-order valence-corrected chi connectivity index (χ3v) is 5.89. The molecular formula is C24H42IN3O3. The molecule has 2 rings (SSSR count). The molecule has 0 radical (unpaired) electrons. The molecule has 0 spiro atoms. The molecule has 1 aromatic rings. The van der Waals surface area contributed by atoms with Crippen LogP contribution in [0.25, 0.3) is 0 Å². The van der Waals surface area contributed by atoms with Crippen LogP contribution in [0, 0.1) is 5.92 Å². The zero-order chi connectivity index (χ0) is 21.8. The topological polar surface area (TPSA) is 64.1 Å². The van der Waals surface area contributed by atoms with Crippen LogP contribution in [0.3, 0.4) is 0 Å². The highest BCUT2D eigenvalue weighted by molar-refractivity contribution is 14.0. The van der Waals surface area contributed by atoms with Gasteiger partial charge < -0.3 is 24.8 Å². The van der Waals surface area contributed by atoms with Crippen molar-refractivity contribution in [3.05, 3.63) is 29.8 Å². The first-order chi connectivity index (χ1) is 14.5. The Labute approximate surface area is 205 Å². The Morgan fingerprint density at radius 3 is 2.32 bits per heavy atom. The predicted molar refractivity (Wildman–Crippen MR) is 139 cm³/mol. The number of aliphatic imine (C=N–C) groups is 1. The van der Waals surface area contributed by atoms with E-state index in [9.17, 15) is 0 Å². The lowest BCUT2D eigenvalue weighted by Gasteiger charge is -2.38. The van der Waals surface area contributed by atoms with Crippen LogP contribution in [-0.2, 0) is 14.9 Å². The molecule has 0 aromatic heterocycles. The first-order valence-corrected chi connectivity index (χ1v) is 11.4. The zero-order valence-electron chi connectivity index (χ0n) is 19.9. The highest BCUT2D eigenvalue weighted by Gasteiger charge is 2.34. The van der Waals surface area contributed by atoms with Crippen LogP contribution < -0.4 is 15.4 Å². The van der Waals surface area contributed by atoms with Crippen LogP contribution in [0.4, 0.5) is 0 Å². The van der Waals surface area contributed by atoms with Gasteiger partial charge in [0, 0.05) is 45.4 Å². The molecule has 1 aliphatic heterocycles. The number of benzene rings is 1. The van der Waals surface area contributed by atoms with Crippen LogP contribution in [-0.4, -0.2) is 58.6 Å². The summed E-state index contributed by atoms with van der Waals surface area (Å²) in [5, 5.41) is 7.02. The van der Waals surface area contributed by atoms with Crippen LogP contribution in [0.2, 0.25) is 0 Å². The smallest absolute Gasteiger partial charge is 0.191 e. The van der Waals surface area contributed by atoms with Crippen molar-refractivity contribution in [3.8, 4) is 5.75 Å². The summed E-state index contributed by atoms with van der Waals surface area (Å²) in [6.45, 7) is 13.1. The van der Waals surface area contributed by atoms with Crippen LogP contribution in [0.5, 0.6) is 5.75 Å². The highest BCUT2D eigenvalue weighted by Crippen LogP contribution is 2.35. The van der Waals surface area contributed by atoms with E-state index < -0.39 is 0 Å². The second-order valence-electron chi connectivity index (χ2n) is 8.23. The van der Waals surface area contributed by atoms with Crippen molar-refractivity contribution in [1.29, 1.82) is 0 Å². The zero-order valence-corrected chi connectivity index (χ0v) is 22.2. The maximum Gasteiger partial charge on any atom is 0.191 e. The van der Waals surface area contributed by atoms with E-state index in [2.05, 4.69) is 60.7 Å². The maximum atomic E-state index is 5.85. The lowest BCUT2D eigenvalue weighted by molar-refractivity contribution is 0.0258. The summed E-state index contributed by atoms with van der Waals surface area (Å²) >= 11 is 0. The molecule has 1 saturated heterocycles. The Balaban J connectivity index is 0.00000480.